The molecular formula is C14H13NO3S2. The van der Waals surface area contributed by atoms with Crippen molar-refractivity contribution in [2.45, 2.75) is 4.90 Å². The van der Waals surface area contributed by atoms with Crippen molar-refractivity contribution in [3.63, 3.8) is 0 Å². The van der Waals surface area contributed by atoms with Crippen LogP contribution >= 0.6 is 23.1 Å². The van der Waals surface area contributed by atoms with E-state index in [0.29, 0.717) is 16.1 Å². The quantitative estimate of drug-likeness (QED) is 0.694. The third-order valence-electron chi connectivity index (χ3n) is 2.64. The number of thiophene rings is 1. The first kappa shape index (κ1) is 14.6. The van der Waals surface area contributed by atoms with Gasteiger partial charge in [-0.05, 0) is 42.0 Å². The van der Waals surface area contributed by atoms with E-state index in [-0.39, 0.29) is 5.91 Å². The van der Waals surface area contributed by atoms with Gasteiger partial charge in [-0.15, -0.1) is 23.1 Å². The number of carbonyl (C=O) groups is 2. The van der Waals surface area contributed by atoms with Crippen molar-refractivity contribution in [3.05, 3.63) is 46.2 Å². The van der Waals surface area contributed by atoms with Crippen LogP contribution in [0.25, 0.3) is 0 Å². The van der Waals surface area contributed by atoms with E-state index >= 15 is 0 Å². The van der Waals surface area contributed by atoms with Crippen LogP contribution in [0.3, 0.4) is 0 Å². The van der Waals surface area contributed by atoms with Crippen LogP contribution in [0.15, 0.2) is 40.6 Å². The summed E-state index contributed by atoms with van der Waals surface area (Å²) in [4.78, 5) is 25.1. The third kappa shape index (κ3) is 3.20. The van der Waals surface area contributed by atoms with E-state index in [2.05, 4.69) is 10.1 Å². The largest absolute Gasteiger partial charge is 0.465 e. The lowest BCUT2D eigenvalue weighted by molar-refractivity contribution is 0.0607. The summed E-state index contributed by atoms with van der Waals surface area (Å²) in [7, 11) is 1.31. The van der Waals surface area contributed by atoms with Gasteiger partial charge >= 0.3 is 5.97 Å². The molecule has 0 saturated carbocycles. The minimum atomic E-state index is -0.451. The van der Waals surface area contributed by atoms with E-state index < -0.39 is 5.97 Å². The molecule has 1 heterocycles. The van der Waals surface area contributed by atoms with Gasteiger partial charge in [0.2, 0.25) is 0 Å². The molecule has 1 N–H and O–H groups in total. The molecule has 0 aliphatic carbocycles. The van der Waals surface area contributed by atoms with Crippen LogP contribution in [0.1, 0.15) is 20.0 Å². The number of nitrogens with one attached hydrogen (secondary N) is 1. The van der Waals surface area contributed by atoms with Gasteiger partial charge in [0.25, 0.3) is 5.91 Å². The summed E-state index contributed by atoms with van der Waals surface area (Å²) in [5.41, 5.74) is 1.02. The van der Waals surface area contributed by atoms with Crippen molar-refractivity contribution in [3.8, 4) is 0 Å². The van der Waals surface area contributed by atoms with Crippen LogP contribution in [-0.2, 0) is 4.74 Å². The van der Waals surface area contributed by atoms with E-state index in [9.17, 15) is 9.59 Å². The van der Waals surface area contributed by atoms with E-state index in [0.717, 1.165) is 4.90 Å². The molecule has 0 spiro atoms. The van der Waals surface area contributed by atoms with Gasteiger partial charge in [-0.3, -0.25) is 4.79 Å². The van der Waals surface area contributed by atoms with Gasteiger partial charge in [0, 0.05) is 10.5 Å². The molecule has 4 nitrogen and oxygen atoms in total. The molecule has 0 aliphatic heterocycles. The van der Waals surface area contributed by atoms with E-state index in [1.165, 1.54) is 18.4 Å². The fourth-order valence-corrected chi connectivity index (χ4v) is 2.77. The number of rotatable bonds is 4. The zero-order valence-corrected chi connectivity index (χ0v) is 12.6. The van der Waals surface area contributed by atoms with Crippen LogP contribution < -0.4 is 5.32 Å². The molecule has 1 amide bonds. The van der Waals surface area contributed by atoms with Crippen molar-refractivity contribution in [2.24, 2.45) is 0 Å². The number of ether oxygens (including phenoxy) is 1. The first-order valence-corrected chi connectivity index (χ1v) is 7.87. The van der Waals surface area contributed by atoms with Crippen LogP contribution in [0.2, 0.25) is 0 Å². The number of hydrogen-bond donors (Lipinski definition) is 1. The zero-order chi connectivity index (χ0) is 14.5. The fourth-order valence-electron chi connectivity index (χ4n) is 1.60. The molecule has 0 saturated heterocycles. The van der Waals surface area contributed by atoms with Crippen molar-refractivity contribution < 1.29 is 14.3 Å². The Bertz CT molecular complexity index is 620. The highest BCUT2D eigenvalue weighted by Gasteiger charge is 2.16. The number of benzene rings is 1. The van der Waals surface area contributed by atoms with Gasteiger partial charge in [0.05, 0.1) is 12.8 Å². The molecule has 0 unspecified atom stereocenters. The van der Waals surface area contributed by atoms with Crippen molar-refractivity contribution >= 4 is 40.7 Å². The normalized spacial score (nSPS) is 10.1. The Morgan fingerprint density at radius 1 is 1.20 bits per heavy atom. The molecule has 20 heavy (non-hydrogen) atoms. The number of methoxy groups -OCH3 is 1. The second kappa shape index (κ2) is 6.58. The van der Waals surface area contributed by atoms with Gasteiger partial charge in [-0.1, -0.05) is 0 Å². The lowest BCUT2D eigenvalue weighted by atomic mass is 10.2. The summed E-state index contributed by atoms with van der Waals surface area (Å²) in [5, 5.41) is 4.46. The van der Waals surface area contributed by atoms with E-state index in [1.54, 1.807) is 35.3 Å². The fraction of sp³-hybridized carbons (Fsp3) is 0.143. The number of anilines is 1. The molecule has 1 aromatic carbocycles. The molecule has 1 aromatic heterocycles. The predicted octanol–water partition coefficient (Wildman–Crippen LogP) is 3.51. The standard InChI is InChI=1S/C14H13NO3S2/c1-18-14(17)12-11(7-8-20-12)15-13(16)9-3-5-10(19-2)6-4-9/h3-8H,1-2H3,(H,15,16). The van der Waals surface area contributed by atoms with Crippen LogP contribution in [0.4, 0.5) is 5.69 Å². The SMILES string of the molecule is COC(=O)c1sccc1NC(=O)c1ccc(SC)cc1. The number of thioether (sulfide) groups is 1. The van der Waals surface area contributed by atoms with Crippen molar-refractivity contribution in [2.75, 3.05) is 18.7 Å². The average Bonchev–Trinajstić information content (AvgIpc) is 2.94. The second-order valence-electron chi connectivity index (χ2n) is 3.84. The number of esters is 1. The summed E-state index contributed by atoms with van der Waals surface area (Å²) in [6, 6.07) is 8.96. The highest BCUT2D eigenvalue weighted by molar-refractivity contribution is 7.98. The molecule has 2 rings (SSSR count). The van der Waals surface area contributed by atoms with Gasteiger partial charge in [0.1, 0.15) is 4.88 Å². The van der Waals surface area contributed by atoms with E-state index in [4.69, 9.17) is 0 Å². The number of hydrogen-bond acceptors (Lipinski definition) is 5. The van der Waals surface area contributed by atoms with Crippen molar-refractivity contribution in [1.29, 1.82) is 0 Å². The highest BCUT2D eigenvalue weighted by Crippen LogP contribution is 2.24. The summed E-state index contributed by atoms with van der Waals surface area (Å²) in [6.45, 7) is 0. The summed E-state index contributed by atoms with van der Waals surface area (Å²) >= 11 is 2.85. The molecule has 104 valence electrons. The summed E-state index contributed by atoms with van der Waals surface area (Å²) in [5.74, 6) is -0.700. The Kier molecular flexibility index (Phi) is 4.81. The molecule has 6 heteroatoms. The van der Waals surface area contributed by atoms with Crippen LogP contribution in [0.5, 0.6) is 0 Å². The maximum absolute atomic E-state index is 12.1. The average molecular weight is 307 g/mol. The monoisotopic (exact) mass is 307 g/mol. The summed E-state index contributed by atoms with van der Waals surface area (Å²) < 4.78 is 4.67. The molecule has 0 bridgehead atoms. The molecule has 0 aliphatic rings. The molecule has 0 radical (unpaired) electrons. The maximum atomic E-state index is 12.1. The lowest BCUT2D eigenvalue weighted by Gasteiger charge is -2.06. The first-order valence-electron chi connectivity index (χ1n) is 5.77. The number of amides is 1. The zero-order valence-electron chi connectivity index (χ0n) is 11.0. The smallest absolute Gasteiger partial charge is 0.350 e. The predicted molar refractivity (Wildman–Crippen MR) is 81.8 cm³/mol. The van der Waals surface area contributed by atoms with Gasteiger partial charge in [0.15, 0.2) is 0 Å². The number of carbonyl (C=O) groups excluding carboxylic acids is 2. The Morgan fingerprint density at radius 3 is 2.50 bits per heavy atom. The molecule has 0 fully saturated rings. The maximum Gasteiger partial charge on any atom is 0.350 e. The third-order valence-corrected chi connectivity index (χ3v) is 4.27. The molecular weight excluding hydrogens is 294 g/mol. The lowest BCUT2D eigenvalue weighted by Crippen LogP contribution is -2.13. The highest BCUT2D eigenvalue weighted by atomic mass is 32.2. The molecule has 2 aromatic rings. The van der Waals surface area contributed by atoms with Crippen molar-refractivity contribution in [1.82, 2.24) is 0 Å². The Hall–Kier alpha value is -1.79. The topological polar surface area (TPSA) is 55.4 Å². The summed E-state index contributed by atoms with van der Waals surface area (Å²) in [6.07, 6.45) is 1.98. The molecule has 0 atom stereocenters. The Balaban J connectivity index is 2.15. The van der Waals surface area contributed by atoms with E-state index in [1.807, 2.05) is 18.4 Å². The van der Waals surface area contributed by atoms with Crippen LogP contribution in [0, 0.1) is 0 Å². The Labute approximate surface area is 125 Å². The van der Waals surface area contributed by atoms with Crippen LogP contribution in [-0.4, -0.2) is 25.2 Å². The minimum absolute atomic E-state index is 0.249. The minimum Gasteiger partial charge on any atom is -0.465 e. The van der Waals surface area contributed by atoms with Gasteiger partial charge in [-0.2, -0.15) is 0 Å². The van der Waals surface area contributed by atoms with Gasteiger partial charge < -0.3 is 10.1 Å². The first-order chi connectivity index (χ1) is 9.65. The van der Waals surface area contributed by atoms with Gasteiger partial charge in [-0.25, -0.2) is 4.79 Å². The Morgan fingerprint density at radius 2 is 1.90 bits per heavy atom. The second-order valence-corrected chi connectivity index (χ2v) is 5.63.